The number of hydrogen-bond donors (Lipinski definition) is 2. The van der Waals surface area contributed by atoms with Gasteiger partial charge in [0, 0.05) is 31.8 Å². The number of thiazole rings is 1. The summed E-state index contributed by atoms with van der Waals surface area (Å²) in [5, 5.41) is 7.66. The third kappa shape index (κ3) is 7.88. The molecule has 0 amide bonds. The maximum Gasteiger partial charge on any atom is 0.191 e. The van der Waals surface area contributed by atoms with E-state index in [1.165, 1.54) is 4.88 Å². The Kier molecular flexibility index (Phi) is 11.2. The molecule has 1 aromatic heterocycles. The smallest absolute Gasteiger partial charge is 0.191 e. The molecule has 1 aromatic carbocycles. The number of ether oxygens (including phenoxy) is 2. The highest BCUT2D eigenvalue weighted by Crippen LogP contribution is 2.13. The quantitative estimate of drug-likeness (QED) is 0.245. The number of methoxy groups -OCH3 is 1. The highest BCUT2D eigenvalue weighted by Gasteiger charge is 2.03. The molecule has 0 unspecified atom stereocenters. The van der Waals surface area contributed by atoms with E-state index in [1.54, 1.807) is 25.5 Å². The van der Waals surface area contributed by atoms with E-state index in [4.69, 9.17) is 9.47 Å². The molecule has 2 aromatic rings. The Morgan fingerprint density at radius 3 is 2.50 bits per heavy atom. The molecule has 0 aliphatic carbocycles. The van der Waals surface area contributed by atoms with E-state index in [0.29, 0.717) is 26.3 Å². The lowest BCUT2D eigenvalue weighted by Gasteiger charge is -2.11. The highest BCUT2D eigenvalue weighted by molar-refractivity contribution is 14.0. The third-order valence-electron chi connectivity index (χ3n) is 3.52. The van der Waals surface area contributed by atoms with Crippen LogP contribution in [0.15, 0.2) is 35.5 Å². The molecule has 1 heterocycles. The summed E-state index contributed by atoms with van der Waals surface area (Å²) >= 11 is 1.73. The van der Waals surface area contributed by atoms with E-state index in [0.717, 1.165) is 28.7 Å². The van der Waals surface area contributed by atoms with Crippen LogP contribution in [0.4, 0.5) is 0 Å². The molecular weight excluding hydrogens is 463 g/mol. The van der Waals surface area contributed by atoms with Gasteiger partial charge in [-0.15, -0.1) is 35.3 Å². The van der Waals surface area contributed by atoms with E-state index in [1.807, 2.05) is 30.5 Å². The Bertz CT molecular complexity index is 661. The number of guanidine groups is 1. The van der Waals surface area contributed by atoms with Crippen molar-refractivity contribution in [2.75, 3.05) is 27.4 Å². The lowest BCUT2D eigenvalue weighted by atomic mass is 10.2. The van der Waals surface area contributed by atoms with Crippen molar-refractivity contribution in [3.8, 4) is 5.75 Å². The number of halogens is 1. The summed E-state index contributed by atoms with van der Waals surface area (Å²) in [6.45, 7) is 4.65. The second kappa shape index (κ2) is 12.9. The molecule has 8 heteroatoms. The van der Waals surface area contributed by atoms with Crippen molar-refractivity contribution in [3.63, 3.8) is 0 Å². The average molecular weight is 490 g/mol. The van der Waals surface area contributed by atoms with Gasteiger partial charge < -0.3 is 20.1 Å². The fourth-order valence-corrected chi connectivity index (χ4v) is 2.91. The molecule has 2 N–H and O–H groups in total. The zero-order valence-electron chi connectivity index (χ0n) is 15.4. The van der Waals surface area contributed by atoms with Crippen LogP contribution in [0, 0.1) is 0 Å². The molecule has 2 rings (SSSR count). The van der Waals surface area contributed by atoms with Gasteiger partial charge in [-0.1, -0.05) is 19.1 Å². The van der Waals surface area contributed by atoms with Gasteiger partial charge in [-0.3, -0.25) is 4.99 Å². The molecule has 0 radical (unpaired) electrons. The van der Waals surface area contributed by atoms with Crippen LogP contribution < -0.4 is 15.4 Å². The maximum atomic E-state index is 5.56. The van der Waals surface area contributed by atoms with Crippen molar-refractivity contribution in [2.45, 2.75) is 26.4 Å². The standard InChI is InChI=1S/C18H26N4O2S.HI/c1-4-16-12-20-17(25-16)13-22-18(19-2)21-11-14-5-7-15(8-6-14)24-10-9-23-3;/h5-8,12H,4,9-11,13H2,1-3H3,(H2,19,21,22);1H. The van der Waals surface area contributed by atoms with Crippen LogP contribution in [-0.2, 0) is 24.2 Å². The monoisotopic (exact) mass is 490 g/mol. The van der Waals surface area contributed by atoms with Crippen molar-refractivity contribution >= 4 is 41.3 Å². The second-order valence-electron chi connectivity index (χ2n) is 5.34. The predicted octanol–water partition coefficient (Wildman–Crippen LogP) is 3.21. The number of aryl methyl sites for hydroxylation is 1. The second-order valence-corrected chi connectivity index (χ2v) is 6.54. The molecule has 0 bridgehead atoms. The molecule has 0 saturated carbocycles. The molecule has 0 atom stereocenters. The Labute approximate surface area is 176 Å². The SMILES string of the molecule is CCc1cnc(CNC(=NC)NCc2ccc(OCCOC)cc2)s1.I. The van der Waals surface area contributed by atoms with Crippen LogP contribution in [-0.4, -0.2) is 38.3 Å². The summed E-state index contributed by atoms with van der Waals surface area (Å²) in [5.41, 5.74) is 1.16. The van der Waals surface area contributed by atoms with E-state index < -0.39 is 0 Å². The fraction of sp³-hybridized carbons (Fsp3) is 0.444. The van der Waals surface area contributed by atoms with Crippen LogP contribution in [0.2, 0.25) is 0 Å². The van der Waals surface area contributed by atoms with Crippen molar-refractivity contribution in [2.24, 2.45) is 4.99 Å². The van der Waals surface area contributed by atoms with Gasteiger partial charge in [0.05, 0.1) is 13.2 Å². The van der Waals surface area contributed by atoms with Crippen LogP contribution in [0.3, 0.4) is 0 Å². The summed E-state index contributed by atoms with van der Waals surface area (Å²) in [6.07, 6.45) is 2.96. The molecule has 0 aliphatic heterocycles. The van der Waals surface area contributed by atoms with Crippen LogP contribution in [0.5, 0.6) is 5.75 Å². The molecule has 0 aliphatic rings. The zero-order valence-corrected chi connectivity index (χ0v) is 18.6. The van der Waals surface area contributed by atoms with Gasteiger partial charge >= 0.3 is 0 Å². The minimum absolute atomic E-state index is 0. The average Bonchev–Trinajstić information content (AvgIpc) is 3.11. The summed E-state index contributed by atoms with van der Waals surface area (Å²) in [4.78, 5) is 9.95. The number of rotatable bonds is 9. The molecule has 6 nitrogen and oxygen atoms in total. The lowest BCUT2D eigenvalue weighted by Crippen LogP contribution is -2.36. The number of aliphatic imine (C=N–C) groups is 1. The normalized spacial score (nSPS) is 11.0. The van der Waals surface area contributed by atoms with E-state index in [2.05, 4.69) is 27.5 Å². The first-order chi connectivity index (χ1) is 12.2. The van der Waals surface area contributed by atoms with Crippen molar-refractivity contribution in [3.05, 3.63) is 45.9 Å². The van der Waals surface area contributed by atoms with Crippen molar-refractivity contribution in [1.29, 1.82) is 0 Å². The van der Waals surface area contributed by atoms with Gasteiger partial charge in [-0.25, -0.2) is 4.98 Å². The fourth-order valence-electron chi connectivity index (χ4n) is 2.11. The largest absolute Gasteiger partial charge is 0.491 e. The minimum Gasteiger partial charge on any atom is -0.491 e. The van der Waals surface area contributed by atoms with Gasteiger partial charge in [0.2, 0.25) is 0 Å². The molecule has 0 spiro atoms. The van der Waals surface area contributed by atoms with Gasteiger partial charge in [-0.2, -0.15) is 0 Å². The van der Waals surface area contributed by atoms with Crippen molar-refractivity contribution in [1.82, 2.24) is 15.6 Å². The maximum absolute atomic E-state index is 5.56. The van der Waals surface area contributed by atoms with E-state index >= 15 is 0 Å². The number of hydrogen-bond acceptors (Lipinski definition) is 5. The molecule has 0 fully saturated rings. The number of aromatic nitrogens is 1. The first-order valence-electron chi connectivity index (χ1n) is 8.34. The number of benzene rings is 1. The Hall–Kier alpha value is -1.39. The summed E-state index contributed by atoms with van der Waals surface area (Å²) < 4.78 is 10.5. The van der Waals surface area contributed by atoms with E-state index in [-0.39, 0.29) is 24.0 Å². The van der Waals surface area contributed by atoms with Crippen molar-refractivity contribution < 1.29 is 9.47 Å². The molecule has 26 heavy (non-hydrogen) atoms. The van der Waals surface area contributed by atoms with Crippen LogP contribution in [0.1, 0.15) is 22.4 Å². The van der Waals surface area contributed by atoms with E-state index in [9.17, 15) is 0 Å². The third-order valence-corrected chi connectivity index (χ3v) is 4.66. The lowest BCUT2D eigenvalue weighted by molar-refractivity contribution is 0.146. The van der Waals surface area contributed by atoms with Gasteiger partial charge in [0.1, 0.15) is 17.4 Å². The Morgan fingerprint density at radius 2 is 1.88 bits per heavy atom. The summed E-state index contributed by atoms with van der Waals surface area (Å²) in [5.74, 6) is 1.60. The first-order valence-corrected chi connectivity index (χ1v) is 9.15. The zero-order chi connectivity index (χ0) is 17.9. The number of nitrogens with zero attached hydrogens (tertiary/aromatic N) is 2. The Morgan fingerprint density at radius 1 is 1.15 bits per heavy atom. The topological polar surface area (TPSA) is 67.8 Å². The first kappa shape index (κ1) is 22.7. The number of nitrogens with one attached hydrogen (secondary N) is 2. The summed E-state index contributed by atoms with van der Waals surface area (Å²) in [6, 6.07) is 8.00. The Balaban J connectivity index is 0.00000338. The van der Waals surface area contributed by atoms with Crippen LogP contribution in [0.25, 0.3) is 0 Å². The predicted molar refractivity (Wildman–Crippen MR) is 118 cm³/mol. The molecular formula is C18H27IN4O2S. The van der Waals surface area contributed by atoms with Gasteiger partial charge in [0.15, 0.2) is 5.96 Å². The summed E-state index contributed by atoms with van der Waals surface area (Å²) in [7, 11) is 3.43. The molecule has 0 saturated heterocycles. The minimum atomic E-state index is 0. The highest BCUT2D eigenvalue weighted by atomic mass is 127. The molecule has 144 valence electrons. The van der Waals surface area contributed by atoms with Crippen LogP contribution >= 0.6 is 35.3 Å². The van der Waals surface area contributed by atoms with Gasteiger partial charge in [0.25, 0.3) is 0 Å². The van der Waals surface area contributed by atoms with Gasteiger partial charge in [-0.05, 0) is 24.1 Å².